The van der Waals surface area contributed by atoms with Gasteiger partial charge in [0.05, 0.1) is 0 Å². The summed E-state index contributed by atoms with van der Waals surface area (Å²) in [6.45, 7) is 4.52. The summed E-state index contributed by atoms with van der Waals surface area (Å²) in [7, 11) is 1.64. The number of carbonyl (C=O) groups is 1. The van der Waals surface area contributed by atoms with Gasteiger partial charge in [-0.3, -0.25) is 4.79 Å². The summed E-state index contributed by atoms with van der Waals surface area (Å²) in [5.41, 5.74) is 1.93. The quantitative estimate of drug-likeness (QED) is 0.757. The molecule has 1 atom stereocenters. The highest BCUT2D eigenvalue weighted by Crippen LogP contribution is 2.23. The van der Waals surface area contributed by atoms with Gasteiger partial charge in [0.2, 0.25) is 5.78 Å². The van der Waals surface area contributed by atoms with Crippen molar-refractivity contribution < 1.29 is 13.9 Å². The third-order valence-corrected chi connectivity index (χ3v) is 3.12. The Morgan fingerprint density at radius 2 is 2.17 bits per heavy atom. The van der Waals surface area contributed by atoms with Crippen LogP contribution in [0.3, 0.4) is 0 Å². The Morgan fingerprint density at radius 3 is 2.89 bits per heavy atom. The van der Waals surface area contributed by atoms with Crippen molar-refractivity contribution in [3.05, 3.63) is 35.6 Å². The summed E-state index contributed by atoms with van der Waals surface area (Å²) < 4.78 is 10.6. The van der Waals surface area contributed by atoms with Gasteiger partial charge in [-0.1, -0.05) is 18.6 Å². The van der Waals surface area contributed by atoms with Crippen LogP contribution in [-0.2, 0) is 4.74 Å². The van der Waals surface area contributed by atoms with Gasteiger partial charge >= 0.3 is 0 Å². The van der Waals surface area contributed by atoms with Crippen molar-refractivity contribution >= 4 is 16.8 Å². The molecule has 0 aliphatic heterocycles. The number of hydrogen-bond acceptors (Lipinski definition) is 3. The normalized spacial score (nSPS) is 12.8. The molecule has 0 aliphatic rings. The summed E-state index contributed by atoms with van der Waals surface area (Å²) in [4.78, 5) is 12.2. The predicted octanol–water partition coefficient (Wildman–Crippen LogP) is 3.60. The molecule has 1 unspecified atom stereocenters. The van der Waals surface area contributed by atoms with E-state index in [-0.39, 0.29) is 11.7 Å². The number of benzene rings is 1. The van der Waals surface area contributed by atoms with Crippen LogP contribution in [0.1, 0.15) is 29.5 Å². The fourth-order valence-corrected chi connectivity index (χ4v) is 1.95. The largest absolute Gasteiger partial charge is 0.453 e. The van der Waals surface area contributed by atoms with Crippen LogP contribution in [0.4, 0.5) is 0 Å². The lowest BCUT2D eigenvalue weighted by Crippen LogP contribution is -2.12. The number of carbonyl (C=O) groups excluding carboxylic acids is 1. The van der Waals surface area contributed by atoms with Crippen molar-refractivity contribution in [3.63, 3.8) is 0 Å². The Hall–Kier alpha value is -1.61. The number of fused-ring (bicyclic) bond motifs is 1. The van der Waals surface area contributed by atoms with Gasteiger partial charge in [0.15, 0.2) is 5.76 Å². The van der Waals surface area contributed by atoms with E-state index in [1.54, 1.807) is 7.11 Å². The van der Waals surface area contributed by atoms with Gasteiger partial charge in [0.1, 0.15) is 5.58 Å². The number of ether oxygens (including phenoxy) is 1. The lowest BCUT2D eigenvalue weighted by Gasteiger charge is -2.06. The zero-order valence-electron chi connectivity index (χ0n) is 11.0. The molecule has 1 aromatic carbocycles. The smallest absolute Gasteiger partial charge is 0.200 e. The zero-order valence-corrected chi connectivity index (χ0v) is 11.0. The number of Topliss-reactive ketones (excluding diaryl/α,β-unsaturated/α-hetero) is 1. The molecule has 0 aliphatic carbocycles. The minimum atomic E-state index is -0.0772. The maximum absolute atomic E-state index is 12.2. The minimum Gasteiger partial charge on any atom is -0.453 e. The Kier molecular flexibility index (Phi) is 3.82. The second-order valence-electron chi connectivity index (χ2n) is 4.70. The highest BCUT2D eigenvalue weighted by atomic mass is 16.5. The SMILES string of the molecule is COCCC(C)C(=O)c1cc2cc(C)ccc2o1. The molecule has 2 aromatic rings. The maximum atomic E-state index is 12.2. The van der Waals surface area contributed by atoms with Gasteiger partial charge in [-0.2, -0.15) is 0 Å². The number of methoxy groups -OCH3 is 1. The molecule has 2 rings (SSSR count). The van der Waals surface area contributed by atoms with Crippen molar-refractivity contribution in [3.8, 4) is 0 Å². The Labute approximate surface area is 107 Å². The molecule has 0 saturated heterocycles. The first-order valence-electron chi connectivity index (χ1n) is 6.15. The van der Waals surface area contributed by atoms with Gasteiger partial charge in [0.25, 0.3) is 0 Å². The van der Waals surface area contributed by atoms with Gasteiger partial charge in [-0.25, -0.2) is 0 Å². The number of rotatable bonds is 5. The molecule has 0 radical (unpaired) electrons. The molecule has 0 bridgehead atoms. The number of hydrogen-bond donors (Lipinski definition) is 0. The molecule has 0 amide bonds. The summed E-state index contributed by atoms with van der Waals surface area (Å²) in [6, 6.07) is 7.74. The Bertz CT molecular complexity index is 554. The van der Waals surface area contributed by atoms with Crippen molar-refractivity contribution in [2.45, 2.75) is 20.3 Å². The van der Waals surface area contributed by atoms with Crippen LogP contribution < -0.4 is 0 Å². The van der Waals surface area contributed by atoms with Crippen molar-refractivity contribution in [2.75, 3.05) is 13.7 Å². The third-order valence-electron chi connectivity index (χ3n) is 3.12. The van der Waals surface area contributed by atoms with Gasteiger partial charge in [-0.05, 0) is 31.5 Å². The molecule has 0 fully saturated rings. The second kappa shape index (κ2) is 5.36. The zero-order chi connectivity index (χ0) is 13.1. The molecular formula is C15H18O3. The third kappa shape index (κ3) is 2.62. The monoisotopic (exact) mass is 246 g/mol. The van der Waals surface area contributed by atoms with E-state index in [2.05, 4.69) is 0 Å². The molecule has 0 saturated carbocycles. The van der Waals surface area contributed by atoms with Crippen LogP contribution in [0.2, 0.25) is 0 Å². The molecule has 18 heavy (non-hydrogen) atoms. The fraction of sp³-hybridized carbons (Fsp3) is 0.400. The van der Waals surface area contributed by atoms with Crippen molar-refractivity contribution in [1.82, 2.24) is 0 Å². The number of furan rings is 1. The molecule has 3 nitrogen and oxygen atoms in total. The molecule has 96 valence electrons. The van der Waals surface area contributed by atoms with E-state index < -0.39 is 0 Å². The van der Waals surface area contributed by atoms with E-state index in [4.69, 9.17) is 9.15 Å². The molecular weight excluding hydrogens is 228 g/mol. The number of ketones is 1. The first-order valence-corrected chi connectivity index (χ1v) is 6.15. The van der Waals surface area contributed by atoms with E-state index in [1.807, 2.05) is 38.1 Å². The van der Waals surface area contributed by atoms with Crippen LogP contribution in [0, 0.1) is 12.8 Å². The summed E-state index contributed by atoms with van der Waals surface area (Å²) in [5, 5.41) is 0.984. The van der Waals surface area contributed by atoms with Crippen LogP contribution >= 0.6 is 0 Å². The summed E-state index contributed by atoms with van der Waals surface area (Å²) in [6.07, 6.45) is 0.714. The first kappa shape index (κ1) is 12.8. The van der Waals surface area contributed by atoms with Gasteiger partial charge in [0, 0.05) is 25.0 Å². The Balaban J connectivity index is 2.22. The second-order valence-corrected chi connectivity index (χ2v) is 4.70. The molecule has 0 spiro atoms. The fourth-order valence-electron chi connectivity index (χ4n) is 1.95. The first-order chi connectivity index (χ1) is 8.61. The van der Waals surface area contributed by atoms with Crippen molar-refractivity contribution in [1.29, 1.82) is 0 Å². The van der Waals surface area contributed by atoms with E-state index >= 15 is 0 Å². The lowest BCUT2D eigenvalue weighted by molar-refractivity contribution is 0.0868. The average molecular weight is 246 g/mol. The molecule has 3 heteroatoms. The highest BCUT2D eigenvalue weighted by molar-refractivity contribution is 5.98. The van der Waals surface area contributed by atoms with Crippen molar-refractivity contribution in [2.24, 2.45) is 5.92 Å². The highest BCUT2D eigenvalue weighted by Gasteiger charge is 2.19. The van der Waals surface area contributed by atoms with Gasteiger partial charge in [-0.15, -0.1) is 0 Å². The van der Waals surface area contributed by atoms with E-state index in [0.29, 0.717) is 18.8 Å². The van der Waals surface area contributed by atoms with Crippen LogP contribution in [0.15, 0.2) is 28.7 Å². The Morgan fingerprint density at radius 1 is 1.39 bits per heavy atom. The van der Waals surface area contributed by atoms with E-state index in [9.17, 15) is 4.79 Å². The summed E-state index contributed by atoms with van der Waals surface area (Å²) >= 11 is 0. The lowest BCUT2D eigenvalue weighted by atomic mass is 10.0. The average Bonchev–Trinajstić information content (AvgIpc) is 2.77. The maximum Gasteiger partial charge on any atom is 0.200 e. The van der Waals surface area contributed by atoms with Gasteiger partial charge < -0.3 is 9.15 Å². The van der Waals surface area contributed by atoms with E-state index in [1.165, 1.54) is 0 Å². The molecule has 1 aromatic heterocycles. The minimum absolute atomic E-state index is 0.0425. The molecule has 1 heterocycles. The molecule has 0 N–H and O–H groups in total. The standard InChI is InChI=1S/C15H18O3/c1-10-4-5-13-12(8-10)9-14(18-13)15(16)11(2)6-7-17-3/h4-5,8-9,11H,6-7H2,1-3H3. The van der Waals surface area contributed by atoms with Crippen LogP contribution in [0.25, 0.3) is 11.0 Å². The predicted molar refractivity (Wildman–Crippen MR) is 70.9 cm³/mol. The summed E-state index contributed by atoms with van der Waals surface area (Å²) in [5.74, 6) is 0.409. The van der Waals surface area contributed by atoms with Crippen LogP contribution in [0.5, 0.6) is 0 Å². The van der Waals surface area contributed by atoms with Crippen LogP contribution in [-0.4, -0.2) is 19.5 Å². The van der Waals surface area contributed by atoms with E-state index in [0.717, 1.165) is 16.5 Å². The number of aryl methyl sites for hydroxylation is 1. The topological polar surface area (TPSA) is 39.4 Å².